The van der Waals surface area contributed by atoms with E-state index in [1.54, 1.807) is 17.8 Å². The quantitative estimate of drug-likeness (QED) is 0.688. The van der Waals surface area contributed by atoms with E-state index in [1.807, 2.05) is 44.4 Å². The van der Waals surface area contributed by atoms with E-state index in [0.29, 0.717) is 10.6 Å². The van der Waals surface area contributed by atoms with Gasteiger partial charge in [0.05, 0.1) is 10.6 Å². The fourth-order valence-electron chi connectivity index (χ4n) is 2.09. The molecule has 0 atom stereocenters. The Kier molecular flexibility index (Phi) is 5.36. The molecule has 1 amide bonds. The van der Waals surface area contributed by atoms with Crippen molar-refractivity contribution in [2.24, 2.45) is 0 Å². The number of anilines is 1. The van der Waals surface area contributed by atoms with Crippen LogP contribution in [0.25, 0.3) is 0 Å². The molecule has 2 rings (SSSR count). The predicted molar refractivity (Wildman–Crippen MR) is 94.8 cm³/mol. The number of hydrogen-bond acceptors (Lipinski definition) is 2. The first kappa shape index (κ1) is 16.4. The number of halogens is 2. The van der Waals surface area contributed by atoms with Gasteiger partial charge in [-0.2, -0.15) is 0 Å². The number of hydrogen-bond donors (Lipinski definition) is 1. The minimum Gasteiger partial charge on any atom is -0.321 e. The molecule has 2 aromatic carbocycles. The molecule has 0 spiro atoms. The number of amides is 1. The van der Waals surface area contributed by atoms with E-state index in [4.69, 9.17) is 11.6 Å². The molecule has 0 unspecified atom stereocenters. The smallest absolute Gasteiger partial charge is 0.257 e. The lowest BCUT2D eigenvalue weighted by molar-refractivity contribution is 0.102. The van der Waals surface area contributed by atoms with E-state index >= 15 is 0 Å². The monoisotopic (exact) mass is 383 g/mol. The fraction of sp³-hybridized carbons (Fsp3) is 0.188. The number of carbonyl (C=O) groups is 1. The number of thioether (sulfide) groups is 1. The average Bonchev–Trinajstić information content (AvgIpc) is 2.43. The Balaban J connectivity index is 2.35. The molecule has 0 aliphatic heterocycles. The Morgan fingerprint density at radius 1 is 1.19 bits per heavy atom. The maximum Gasteiger partial charge on any atom is 0.257 e. The van der Waals surface area contributed by atoms with Crippen LogP contribution in [0.5, 0.6) is 0 Å². The summed E-state index contributed by atoms with van der Waals surface area (Å²) in [6.45, 7) is 3.93. The Labute approximate surface area is 142 Å². The van der Waals surface area contributed by atoms with Crippen LogP contribution in [-0.2, 0) is 0 Å². The largest absolute Gasteiger partial charge is 0.321 e. The van der Waals surface area contributed by atoms with Crippen LogP contribution in [0.1, 0.15) is 21.5 Å². The summed E-state index contributed by atoms with van der Waals surface area (Å²) in [5.74, 6) is -0.190. The molecule has 0 saturated carbocycles. The zero-order valence-electron chi connectivity index (χ0n) is 12.0. The second kappa shape index (κ2) is 6.86. The number of nitrogens with one attached hydrogen (secondary N) is 1. The maximum atomic E-state index is 12.5. The van der Waals surface area contributed by atoms with E-state index in [0.717, 1.165) is 26.2 Å². The Bertz CT molecular complexity index is 680. The molecule has 0 aliphatic rings. The normalized spacial score (nSPS) is 10.5. The van der Waals surface area contributed by atoms with Crippen LogP contribution in [0.2, 0.25) is 5.02 Å². The van der Waals surface area contributed by atoms with Gasteiger partial charge in [-0.3, -0.25) is 4.79 Å². The number of aryl methyl sites for hydroxylation is 2. The third-order valence-electron chi connectivity index (χ3n) is 3.15. The molecular formula is C16H15BrClNOS. The summed E-state index contributed by atoms with van der Waals surface area (Å²) >= 11 is 11.2. The molecule has 0 fully saturated rings. The average molecular weight is 385 g/mol. The zero-order valence-corrected chi connectivity index (χ0v) is 15.1. The molecule has 1 N–H and O–H groups in total. The van der Waals surface area contributed by atoms with Gasteiger partial charge >= 0.3 is 0 Å². The summed E-state index contributed by atoms with van der Waals surface area (Å²) < 4.78 is 0.998. The molecular weight excluding hydrogens is 370 g/mol. The van der Waals surface area contributed by atoms with Gasteiger partial charge in [-0.05, 0) is 61.6 Å². The Hall–Kier alpha value is -0.970. The van der Waals surface area contributed by atoms with Crippen LogP contribution in [0.4, 0.5) is 5.69 Å². The summed E-state index contributed by atoms with van der Waals surface area (Å²) in [7, 11) is 0. The van der Waals surface area contributed by atoms with Crippen LogP contribution >= 0.6 is 39.3 Å². The number of rotatable bonds is 3. The van der Waals surface area contributed by atoms with Crippen LogP contribution < -0.4 is 5.32 Å². The van der Waals surface area contributed by atoms with Crippen LogP contribution in [-0.4, -0.2) is 12.2 Å². The van der Waals surface area contributed by atoms with Crippen molar-refractivity contribution >= 4 is 50.9 Å². The van der Waals surface area contributed by atoms with E-state index < -0.39 is 0 Å². The molecule has 0 radical (unpaired) electrons. The lowest BCUT2D eigenvalue weighted by atomic mass is 10.1. The van der Waals surface area contributed by atoms with Gasteiger partial charge in [0.25, 0.3) is 5.91 Å². The topological polar surface area (TPSA) is 29.1 Å². The van der Waals surface area contributed by atoms with Gasteiger partial charge in [-0.25, -0.2) is 0 Å². The highest BCUT2D eigenvalue weighted by Crippen LogP contribution is 2.28. The first-order chi connectivity index (χ1) is 9.92. The van der Waals surface area contributed by atoms with E-state index in [2.05, 4.69) is 21.2 Å². The van der Waals surface area contributed by atoms with Gasteiger partial charge in [0.2, 0.25) is 0 Å². The van der Waals surface area contributed by atoms with Crippen LogP contribution in [0.3, 0.4) is 0 Å². The molecule has 0 heterocycles. The summed E-state index contributed by atoms with van der Waals surface area (Å²) in [6.07, 6.45) is 1.97. The summed E-state index contributed by atoms with van der Waals surface area (Å²) in [5.41, 5.74) is 3.33. The SMILES string of the molecule is CSc1ccc(Cl)c(C(=O)Nc2c(C)cc(Br)cc2C)c1. The first-order valence-corrected chi connectivity index (χ1v) is 8.73. The standard InChI is InChI=1S/C16H15BrClNOS/c1-9-6-11(17)7-10(2)15(9)19-16(20)13-8-12(21-3)4-5-14(13)18/h4-8H,1-3H3,(H,19,20). The second-order valence-corrected chi connectivity index (χ2v) is 6.92. The molecule has 0 aliphatic carbocycles. The van der Waals surface area contributed by atoms with Crippen molar-refractivity contribution in [3.8, 4) is 0 Å². The Morgan fingerprint density at radius 3 is 2.38 bits per heavy atom. The van der Waals surface area contributed by atoms with Gasteiger partial charge in [0, 0.05) is 15.1 Å². The third-order valence-corrected chi connectivity index (χ3v) is 4.67. The van der Waals surface area contributed by atoms with Crippen molar-refractivity contribution < 1.29 is 4.79 Å². The van der Waals surface area contributed by atoms with Crippen LogP contribution in [0.15, 0.2) is 39.7 Å². The highest BCUT2D eigenvalue weighted by atomic mass is 79.9. The van der Waals surface area contributed by atoms with Crippen molar-refractivity contribution in [1.82, 2.24) is 0 Å². The summed E-state index contributed by atoms with van der Waals surface area (Å²) in [6, 6.07) is 9.42. The molecule has 21 heavy (non-hydrogen) atoms. The summed E-state index contributed by atoms with van der Waals surface area (Å²) in [4.78, 5) is 13.5. The molecule has 5 heteroatoms. The van der Waals surface area contributed by atoms with Gasteiger partial charge in [0.15, 0.2) is 0 Å². The highest BCUT2D eigenvalue weighted by molar-refractivity contribution is 9.10. The van der Waals surface area contributed by atoms with Crippen molar-refractivity contribution in [1.29, 1.82) is 0 Å². The fourth-order valence-corrected chi connectivity index (χ4v) is 3.42. The van der Waals surface area contributed by atoms with E-state index in [1.165, 1.54) is 0 Å². The van der Waals surface area contributed by atoms with Crippen molar-refractivity contribution in [2.45, 2.75) is 18.7 Å². The van der Waals surface area contributed by atoms with Gasteiger partial charge in [0.1, 0.15) is 0 Å². The molecule has 2 aromatic rings. The van der Waals surface area contributed by atoms with Crippen molar-refractivity contribution in [3.05, 3.63) is 56.5 Å². The lowest BCUT2D eigenvalue weighted by Crippen LogP contribution is -2.14. The van der Waals surface area contributed by atoms with Gasteiger partial charge in [-0.15, -0.1) is 11.8 Å². The number of benzene rings is 2. The van der Waals surface area contributed by atoms with E-state index in [-0.39, 0.29) is 5.91 Å². The first-order valence-electron chi connectivity index (χ1n) is 6.34. The third kappa shape index (κ3) is 3.82. The predicted octanol–water partition coefficient (Wildman–Crippen LogP) is 5.69. The van der Waals surface area contributed by atoms with Crippen LogP contribution in [0, 0.1) is 13.8 Å². The molecule has 0 bridgehead atoms. The summed E-state index contributed by atoms with van der Waals surface area (Å²) in [5, 5.41) is 3.42. The van der Waals surface area contributed by atoms with Gasteiger partial charge in [-0.1, -0.05) is 27.5 Å². The molecule has 0 aromatic heterocycles. The van der Waals surface area contributed by atoms with Crippen molar-refractivity contribution in [2.75, 3.05) is 11.6 Å². The second-order valence-electron chi connectivity index (χ2n) is 4.71. The molecule has 110 valence electrons. The zero-order chi connectivity index (χ0) is 15.6. The van der Waals surface area contributed by atoms with Gasteiger partial charge < -0.3 is 5.32 Å². The minimum absolute atomic E-state index is 0.190. The number of carbonyl (C=O) groups excluding carboxylic acids is 1. The van der Waals surface area contributed by atoms with Crippen molar-refractivity contribution in [3.63, 3.8) is 0 Å². The molecule has 2 nitrogen and oxygen atoms in total. The maximum absolute atomic E-state index is 12.5. The molecule has 0 saturated heterocycles. The lowest BCUT2D eigenvalue weighted by Gasteiger charge is -2.13. The van der Waals surface area contributed by atoms with E-state index in [9.17, 15) is 4.79 Å². The Morgan fingerprint density at radius 2 is 1.81 bits per heavy atom. The highest BCUT2D eigenvalue weighted by Gasteiger charge is 2.14. The minimum atomic E-state index is -0.190.